The molecule has 0 saturated heterocycles. The highest BCUT2D eigenvalue weighted by atomic mass is 16.4. The summed E-state index contributed by atoms with van der Waals surface area (Å²) in [5.74, 6) is 0.0336. The molecule has 0 aliphatic carbocycles. The van der Waals surface area contributed by atoms with E-state index >= 15 is 0 Å². The number of carboxylic acid groups (broad SMARTS) is 1. The summed E-state index contributed by atoms with van der Waals surface area (Å²) < 4.78 is 5.49. The molecule has 0 saturated carbocycles. The summed E-state index contributed by atoms with van der Waals surface area (Å²) in [5.41, 5.74) is 3.02. The average Bonchev–Trinajstić information content (AvgIpc) is 2.71. The summed E-state index contributed by atoms with van der Waals surface area (Å²) in [7, 11) is 0. The minimum absolute atomic E-state index is 0.0237. The topological polar surface area (TPSA) is 63.3 Å². The van der Waals surface area contributed by atoms with Gasteiger partial charge in [0.1, 0.15) is 5.76 Å². The maximum absolute atomic E-state index is 11.0. The number of hydrogen-bond acceptors (Lipinski definition) is 3. The lowest BCUT2D eigenvalue weighted by atomic mass is 9.98. The second-order valence-electron chi connectivity index (χ2n) is 4.96. The zero-order chi connectivity index (χ0) is 14.2. The third-order valence-corrected chi connectivity index (χ3v) is 3.16. The summed E-state index contributed by atoms with van der Waals surface area (Å²) in [4.78, 5) is 15.1. The first-order chi connectivity index (χ1) is 8.90. The van der Waals surface area contributed by atoms with E-state index in [0.717, 1.165) is 11.1 Å². The molecule has 4 nitrogen and oxygen atoms in total. The number of carbonyl (C=O) groups is 1. The van der Waals surface area contributed by atoms with E-state index in [1.807, 2.05) is 19.1 Å². The van der Waals surface area contributed by atoms with Gasteiger partial charge in [-0.25, -0.2) is 9.78 Å². The van der Waals surface area contributed by atoms with E-state index in [1.165, 1.54) is 5.56 Å². The number of nitrogens with zero attached hydrogens (tertiary/aromatic N) is 1. The second kappa shape index (κ2) is 4.88. The lowest BCUT2D eigenvalue weighted by molar-refractivity contribution is 0.0689. The van der Waals surface area contributed by atoms with Crippen LogP contribution in [0.2, 0.25) is 0 Å². The third kappa shape index (κ3) is 2.52. The van der Waals surface area contributed by atoms with Crippen LogP contribution in [-0.2, 0) is 0 Å². The molecule has 0 fully saturated rings. The monoisotopic (exact) mass is 259 g/mol. The normalized spacial score (nSPS) is 11.0. The Labute approximate surface area is 112 Å². The Balaban J connectivity index is 2.55. The predicted octanol–water partition coefficient (Wildman–Crippen LogP) is 3.78. The summed E-state index contributed by atoms with van der Waals surface area (Å²) in [6, 6.07) is 6.08. The molecule has 1 aromatic carbocycles. The summed E-state index contributed by atoms with van der Waals surface area (Å²) >= 11 is 0. The molecule has 0 atom stereocenters. The molecule has 0 bridgehead atoms. The molecule has 2 rings (SSSR count). The van der Waals surface area contributed by atoms with Crippen LogP contribution in [0.3, 0.4) is 0 Å². The van der Waals surface area contributed by atoms with Gasteiger partial charge in [-0.3, -0.25) is 0 Å². The Bertz CT molecular complexity index is 626. The molecule has 0 amide bonds. The van der Waals surface area contributed by atoms with E-state index in [-0.39, 0.29) is 5.69 Å². The maximum atomic E-state index is 11.0. The minimum Gasteiger partial charge on any atom is -0.476 e. The van der Waals surface area contributed by atoms with Gasteiger partial charge in [0, 0.05) is 5.56 Å². The van der Waals surface area contributed by atoms with Gasteiger partial charge < -0.3 is 9.52 Å². The van der Waals surface area contributed by atoms with Gasteiger partial charge in [0.05, 0.1) is 0 Å². The quantitative estimate of drug-likeness (QED) is 0.911. The molecule has 1 aromatic heterocycles. The SMILES string of the molecule is Cc1ccc(C(C)C)cc1-c1nc(C(=O)O)c(C)o1. The summed E-state index contributed by atoms with van der Waals surface area (Å²) in [5, 5.41) is 9.02. The fourth-order valence-corrected chi connectivity index (χ4v) is 1.94. The van der Waals surface area contributed by atoms with Crippen molar-refractivity contribution in [1.29, 1.82) is 0 Å². The van der Waals surface area contributed by atoms with Gasteiger partial charge in [0.15, 0.2) is 5.69 Å². The Morgan fingerprint density at radius 3 is 2.53 bits per heavy atom. The third-order valence-electron chi connectivity index (χ3n) is 3.16. The standard InChI is InChI=1S/C15H17NO3/c1-8(2)11-6-5-9(3)12(7-11)14-16-13(15(17)18)10(4)19-14/h5-8H,1-4H3,(H,17,18). The Morgan fingerprint density at radius 1 is 1.32 bits per heavy atom. The largest absolute Gasteiger partial charge is 0.476 e. The van der Waals surface area contributed by atoms with Crippen LogP contribution in [-0.4, -0.2) is 16.1 Å². The van der Waals surface area contributed by atoms with Crippen molar-refractivity contribution < 1.29 is 14.3 Å². The van der Waals surface area contributed by atoms with Crippen molar-refractivity contribution in [2.24, 2.45) is 0 Å². The first-order valence-electron chi connectivity index (χ1n) is 6.21. The highest BCUT2D eigenvalue weighted by molar-refractivity contribution is 5.87. The smallest absolute Gasteiger partial charge is 0.358 e. The predicted molar refractivity (Wildman–Crippen MR) is 72.5 cm³/mol. The van der Waals surface area contributed by atoms with Crippen molar-refractivity contribution in [2.75, 3.05) is 0 Å². The average molecular weight is 259 g/mol. The van der Waals surface area contributed by atoms with Crippen molar-refractivity contribution in [2.45, 2.75) is 33.6 Å². The molecular weight excluding hydrogens is 242 g/mol. The molecule has 4 heteroatoms. The summed E-state index contributed by atoms with van der Waals surface area (Å²) in [6.45, 7) is 7.79. The van der Waals surface area contributed by atoms with Gasteiger partial charge in [-0.15, -0.1) is 0 Å². The summed E-state index contributed by atoms with van der Waals surface area (Å²) in [6.07, 6.45) is 0. The van der Waals surface area contributed by atoms with Gasteiger partial charge in [0.2, 0.25) is 5.89 Å². The van der Waals surface area contributed by atoms with Crippen LogP contribution in [0.25, 0.3) is 11.5 Å². The molecule has 0 unspecified atom stereocenters. The minimum atomic E-state index is -1.06. The molecule has 100 valence electrons. The number of hydrogen-bond donors (Lipinski definition) is 1. The van der Waals surface area contributed by atoms with Crippen LogP contribution >= 0.6 is 0 Å². The molecule has 0 aliphatic heterocycles. The van der Waals surface area contributed by atoms with Crippen LogP contribution in [0.4, 0.5) is 0 Å². The molecule has 0 aliphatic rings. The van der Waals surface area contributed by atoms with Crippen LogP contribution in [0.1, 0.15) is 47.1 Å². The fourth-order valence-electron chi connectivity index (χ4n) is 1.94. The van der Waals surface area contributed by atoms with Crippen molar-refractivity contribution >= 4 is 5.97 Å². The van der Waals surface area contributed by atoms with Crippen LogP contribution in [0.15, 0.2) is 22.6 Å². The van der Waals surface area contributed by atoms with E-state index in [0.29, 0.717) is 17.6 Å². The van der Waals surface area contributed by atoms with Gasteiger partial charge in [-0.05, 0) is 37.0 Å². The number of oxazole rings is 1. The lowest BCUT2D eigenvalue weighted by Crippen LogP contribution is -1.98. The fraction of sp³-hybridized carbons (Fsp3) is 0.333. The van der Waals surface area contributed by atoms with E-state index in [9.17, 15) is 4.79 Å². The Kier molecular flexibility index (Phi) is 3.42. The molecule has 0 radical (unpaired) electrons. The molecular formula is C15H17NO3. The van der Waals surface area contributed by atoms with Crippen LogP contribution in [0.5, 0.6) is 0 Å². The van der Waals surface area contributed by atoms with E-state index < -0.39 is 5.97 Å². The van der Waals surface area contributed by atoms with Gasteiger partial charge >= 0.3 is 5.97 Å². The van der Waals surface area contributed by atoms with Gasteiger partial charge in [-0.1, -0.05) is 26.0 Å². The molecule has 0 spiro atoms. The number of aromatic carboxylic acids is 1. The number of benzene rings is 1. The van der Waals surface area contributed by atoms with Crippen LogP contribution in [0, 0.1) is 13.8 Å². The van der Waals surface area contributed by atoms with E-state index in [1.54, 1.807) is 6.92 Å². The molecule has 1 N–H and O–H groups in total. The van der Waals surface area contributed by atoms with Crippen molar-refractivity contribution in [3.63, 3.8) is 0 Å². The molecule has 2 aromatic rings. The number of aromatic nitrogens is 1. The number of carboxylic acids is 1. The van der Waals surface area contributed by atoms with Gasteiger partial charge in [-0.2, -0.15) is 0 Å². The van der Waals surface area contributed by atoms with Crippen LogP contribution < -0.4 is 0 Å². The number of rotatable bonds is 3. The Hall–Kier alpha value is -2.10. The molecule has 1 heterocycles. The van der Waals surface area contributed by atoms with Gasteiger partial charge in [0.25, 0.3) is 0 Å². The first-order valence-corrected chi connectivity index (χ1v) is 6.21. The first kappa shape index (κ1) is 13.3. The maximum Gasteiger partial charge on any atom is 0.358 e. The Morgan fingerprint density at radius 2 is 2.00 bits per heavy atom. The highest BCUT2D eigenvalue weighted by Gasteiger charge is 2.18. The lowest BCUT2D eigenvalue weighted by Gasteiger charge is -2.08. The highest BCUT2D eigenvalue weighted by Crippen LogP contribution is 2.28. The zero-order valence-electron chi connectivity index (χ0n) is 11.5. The molecule has 19 heavy (non-hydrogen) atoms. The van der Waals surface area contributed by atoms with Crippen molar-refractivity contribution in [3.8, 4) is 11.5 Å². The van der Waals surface area contributed by atoms with Crippen molar-refractivity contribution in [3.05, 3.63) is 40.8 Å². The second-order valence-corrected chi connectivity index (χ2v) is 4.96. The number of aryl methyl sites for hydroxylation is 2. The van der Waals surface area contributed by atoms with E-state index in [2.05, 4.69) is 24.9 Å². The van der Waals surface area contributed by atoms with Crippen molar-refractivity contribution in [1.82, 2.24) is 4.98 Å². The van der Waals surface area contributed by atoms with E-state index in [4.69, 9.17) is 9.52 Å². The zero-order valence-corrected chi connectivity index (χ0v) is 11.5.